The molecular formula is C16H16N4O2. The summed E-state index contributed by atoms with van der Waals surface area (Å²) in [7, 11) is 0. The van der Waals surface area contributed by atoms with Gasteiger partial charge < -0.3 is 10.6 Å². The molecule has 6 heteroatoms. The summed E-state index contributed by atoms with van der Waals surface area (Å²) in [5, 5.41) is 0. The third-order valence-electron chi connectivity index (χ3n) is 4.04. The van der Waals surface area contributed by atoms with E-state index in [-0.39, 0.29) is 5.91 Å². The zero-order valence-corrected chi connectivity index (χ0v) is 12.0. The summed E-state index contributed by atoms with van der Waals surface area (Å²) in [5.74, 6) is -0.794. The van der Waals surface area contributed by atoms with Crippen molar-refractivity contribution in [3.05, 3.63) is 60.2 Å². The second kappa shape index (κ2) is 5.55. The van der Waals surface area contributed by atoms with Crippen LogP contribution in [-0.2, 0) is 10.3 Å². The van der Waals surface area contributed by atoms with Crippen molar-refractivity contribution >= 4 is 11.8 Å². The topological polar surface area (TPSA) is 89.2 Å². The van der Waals surface area contributed by atoms with Gasteiger partial charge >= 0.3 is 0 Å². The molecule has 1 aliphatic heterocycles. The summed E-state index contributed by atoms with van der Waals surface area (Å²) in [6.07, 6.45) is 5.68. The van der Waals surface area contributed by atoms with Crippen LogP contribution in [0.25, 0.3) is 0 Å². The fraction of sp³-hybridized carbons (Fsp3) is 0.250. The van der Waals surface area contributed by atoms with Crippen molar-refractivity contribution in [2.24, 2.45) is 5.73 Å². The van der Waals surface area contributed by atoms with Gasteiger partial charge in [0.15, 0.2) is 5.54 Å². The molecule has 0 unspecified atom stereocenters. The Kier molecular flexibility index (Phi) is 3.58. The number of likely N-dealkylation sites (tertiary alicyclic amines) is 1. The minimum Gasteiger partial charge on any atom is -0.367 e. The predicted molar refractivity (Wildman–Crippen MR) is 79.6 cm³/mol. The molecule has 0 saturated carbocycles. The molecule has 0 aliphatic carbocycles. The van der Waals surface area contributed by atoms with Crippen LogP contribution in [0.15, 0.2) is 48.9 Å². The molecule has 1 aromatic heterocycles. The Morgan fingerprint density at radius 3 is 2.59 bits per heavy atom. The zero-order valence-electron chi connectivity index (χ0n) is 12.0. The molecule has 0 radical (unpaired) electrons. The lowest BCUT2D eigenvalue weighted by atomic mass is 9.90. The Bertz CT molecular complexity index is 690. The van der Waals surface area contributed by atoms with Crippen LogP contribution in [0, 0.1) is 0 Å². The van der Waals surface area contributed by atoms with Crippen LogP contribution in [-0.4, -0.2) is 33.2 Å². The van der Waals surface area contributed by atoms with E-state index < -0.39 is 11.4 Å². The summed E-state index contributed by atoms with van der Waals surface area (Å²) in [5.41, 5.74) is 5.40. The second-order valence-corrected chi connectivity index (χ2v) is 5.24. The van der Waals surface area contributed by atoms with Gasteiger partial charge in [-0.25, -0.2) is 0 Å². The van der Waals surface area contributed by atoms with Gasteiger partial charge in [0.1, 0.15) is 0 Å². The Morgan fingerprint density at radius 2 is 1.95 bits per heavy atom. The van der Waals surface area contributed by atoms with Gasteiger partial charge in [-0.2, -0.15) is 0 Å². The van der Waals surface area contributed by atoms with E-state index in [0.717, 1.165) is 0 Å². The summed E-state index contributed by atoms with van der Waals surface area (Å²) in [4.78, 5) is 34.8. The van der Waals surface area contributed by atoms with Gasteiger partial charge in [0.25, 0.3) is 5.91 Å². The maximum Gasteiger partial charge on any atom is 0.255 e. The van der Waals surface area contributed by atoms with Gasteiger partial charge in [0.05, 0.1) is 11.9 Å². The highest BCUT2D eigenvalue weighted by molar-refractivity contribution is 5.99. The minimum atomic E-state index is -1.22. The first kappa shape index (κ1) is 14.2. The van der Waals surface area contributed by atoms with Crippen molar-refractivity contribution in [1.82, 2.24) is 14.9 Å². The molecule has 1 aliphatic rings. The van der Waals surface area contributed by atoms with Gasteiger partial charge in [-0.05, 0) is 25.0 Å². The quantitative estimate of drug-likeness (QED) is 0.918. The van der Waals surface area contributed by atoms with E-state index in [1.165, 1.54) is 23.5 Å². The van der Waals surface area contributed by atoms with Crippen LogP contribution in [0.3, 0.4) is 0 Å². The standard InChI is InChI=1S/C16H16N4O2/c17-15(22)16(13-11-18-8-9-19-13)7-4-10-20(16)14(21)12-5-2-1-3-6-12/h1-3,5-6,8-9,11H,4,7,10H2,(H2,17,22)/t16-/m1/s1. The van der Waals surface area contributed by atoms with Crippen LogP contribution in [0.5, 0.6) is 0 Å². The fourth-order valence-electron chi connectivity index (χ4n) is 2.99. The molecule has 0 spiro atoms. The molecule has 1 fully saturated rings. The summed E-state index contributed by atoms with van der Waals surface area (Å²) in [6.45, 7) is 0.466. The lowest BCUT2D eigenvalue weighted by Gasteiger charge is -2.35. The molecule has 112 valence electrons. The number of carbonyl (C=O) groups excluding carboxylic acids is 2. The van der Waals surface area contributed by atoms with Crippen molar-refractivity contribution in [3.8, 4) is 0 Å². The normalized spacial score (nSPS) is 20.8. The molecule has 1 atom stereocenters. The largest absolute Gasteiger partial charge is 0.367 e. The smallest absolute Gasteiger partial charge is 0.255 e. The zero-order chi connectivity index (χ0) is 15.6. The first-order chi connectivity index (χ1) is 10.7. The molecule has 1 saturated heterocycles. The number of nitrogens with zero attached hydrogens (tertiary/aromatic N) is 3. The van der Waals surface area contributed by atoms with E-state index >= 15 is 0 Å². The number of rotatable bonds is 3. The maximum absolute atomic E-state index is 12.8. The number of nitrogens with two attached hydrogens (primary N) is 1. The number of amides is 2. The van der Waals surface area contributed by atoms with E-state index in [4.69, 9.17) is 5.73 Å². The average Bonchev–Trinajstić information content (AvgIpc) is 3.02. The van der Waals surface area contributed by atoms with E-state index in [9.17, 15) is 9.59 Å². The van der Waals surface area contributed by atoms with Crippen LogP contribution < -0.4 is 5.73 Å². The average molecular weight is 296 g/mol. The van der Waals surface area contributed by atoms with Crippen LogP contribution in [0.4, 0.5) is 0 Å². The molecule has 1 aromatic carbocycles. The molecule has 2 amide bonds. The molecule has 0 bridgehead atoms. The molecule has 3 rings (SSSR count). The van der Waals surface area contributed by atoms with Gasteiger partial charge in [-0.3, -0.25) is 19.6 Å². The molecule has 6 nitrogen and oxygen atoms in total. The van der Waals surface area contributed by atoms with Gasteiger partial charge in [-0.15, -0.1) is 0 Å². The maximum atomic E-state index is 12.8. The molecular weight excluding hydrogens is 280 g/mol. The lowest BCUT2D eigenvalue weighted by Crippen LogP contribution is -2.54. The van der Waals surface area contributed by atoms with Gasteiger partial charge in [-0.1, -0.05) is 18.2 Å². The van der Waals surface area contributed by atoms with Crippen molar-refractivity contribution in [2.75, 3.05) is 6.54 Å². The summed E-state index contributed by atoms with van der Waals surface area (Å²) in [6, 6.07) is 8.87. The predicted octanol–water partition coefficient (Wildman–Crippen LogP) is 1.09. The highest BCUT2D eigenvalue weighted by Crippen LogP contribution is 2.38. The number of primary amides is 1. The number of aromatic nitrogens is 2. The number of carbonyl (C=O) groups is 2. The number of hydrogen-bond donors (Lipinski definition) is 1. The third-order valence-corrected chi connectivity index (χ3v) is 4.04. The van der Waals surface area contributed by atoms with Crippen LogP contribution in [0.1, 0.15) is 28.9 Å². The third kappa shape index (κ3) is 2.13. The summed E-state index contributed by atoms with van der Waals surface area (Å²) < 4.78 is 0. The number of hydrogen-bond acceptors (Lipinski definition) is 4. The Balaban J connectivity index is 2.07. The lowest BCUT2D eigenvalue weighted by molar-refractivity contribution is -0.128. The SMILES string of the molecule is NC(=O)[C@]1(c2cnccn2)CCCN1C(=O)c1ccccc1. The van der Waals surface area contributed by atoms with Crippen molar-refractivity contribution < 1.29 is 9.59 Å². The second-order valence-electron chi connectivity index (χ2n) is 5.24. The highest BCUT2D eigenvalue weighted by atomic mass is 16.2. The van der Waals surface area contributed by atoms with E-state index in [2.05, 4.69) is 9.97 Å². The number of benzene rings is 1. The molecule has 2 heterocycles. The van der Waals surface area contributed by atoms with E-state index in [1.54, 1.807) is 24.3 Å². The minimum absolute atomic E-state index is 0.220. The summed E-state index contributed by atoms with van der Waals surface area (Å²) >= 11 is 0. The van der Waals surface area contributed by atoms with E-state index in [0.29, 0.717) is 30.6 Å². The Labute approximate surface area is 128 Å². The van der Waals surface area contributed by atoms with Gasteiger partial charge in [0, 0.05) is 24.5 Å². The van der Waals surface area contributed by atoms with E-state index in [1.807, 2.05) is 6.07 Å². The van der Waals surface area contributed by atoms with Crippen LogP contribution in [0.2, 0.25) is 0 Å². The Morgan fingerprint density at radius 1 is 1.18 bits per heavy atom. The first-order valence-electron chi connectivity index (χ1n) is 7.09. The molecule has 2 aromatic rings. The molecule has 22 heavy (non-hydrogen) atoms. The van der Waals surface area contributed by atoms with Crippen LogP contribution >= 0.6 is 0 Å². The monoisotopic (exact) mass is 296 g/mol. The van der Waals surface area contributed by atoms with Gasteiger partial charge in [0.2, 0.25) is 5.91 Å². The highest BCUT2D eigenvalue weighted by Gasteiger charge is 2.51. The van der Waals surface area contributed by atoms with Crippen molar-refractivity contribution in [1.29, 1.82) is 0 Å². The molecule has 2 N–H and O–H groups in total. The van der Waals surface area contributed by atoms with Crippen molar-refractivity contribution in [3.63, 3.8) is 0 Å². The fourth-order valence-corrected chi connectivity index (χ4v) is 2.99. The van der Waals surface area contributed by atoms with Crippen molar-refractivity contribution in [2.45, 2.75) is 18.4 Å². The Hall–Kier alpha value is -2.76. The first-order valence-corrected chi connectivity index (χ1v) is 7.09.